The van der Waals surface area contributed by atoms with Gasteiger partial charge in [0.15, 0.2) is 0 Å². The van der Waals surface area contributed by atoms with E-state index in [-0.39, 0.29) is 6.04 Å². The third kappa shape index (κ3) is 1.84. The van der Waals surface area contributed by atoms with E-state index < -0.39 is 5.67 Å². The number of rotatable bonds is 2. The largest absolute Gasteiger partial charge is 0.496 e. The summed E-state index contributed by atoms with van der Waals surface area (Å²) in [7, 11) is 1.57. The molecule has 0 bridgehead atoms. The SMILES string of the molecule is COc1ccccc1C1(F)CCC(N)C1. The number of methoxy groups -OCH3 is 1. The maximum Gasteiger partial charge on any atom is 0.141 e. The van der Waals surface area contributed by atoms with Crippen molar-refractivity contribution < 1.29 is 9.13 Å². The van der Waals surface area contributed by atoms with Gasteiger partial charge >= 0.3 is 0 Å². The number of para-hydroxylation sites is 1. The zero-order chi connectivity index (χ0) is 10.9. The van der Waals surface area contributed by atoms with E-state index in [2.05, 4.69) is 0 Å². The van der Waals surface area contributed by atoms with Gasteiger partial charge in [0.25, 0.3) is 0 Å². The second-order valence-corrected chi connectivity index (χ2v) is 4.17. The van der Waals surface area contributed by atoms with Crippen molar-refractivity contribution in [3.05, 3.63) is 29.8 Å². The van der Waals surface area contributed by atoms with E-state index in [4.69, 9.17) is 10.5 Å². The fraction of sp³-hybridized carbons (Fsp3) is 0.500. The van der Waals surface area contributed by atoms with Crippen molar-refractivity contribution in [1.29, 1.82) is 0 Å². The summed E-state index contributed by atoms with van der Waals surface area (Å²) in [5.41, 5.74) is 5.10. The first-order chi connectivity index (χ1) is 7.15. The van der Waals surface area contributed by atoms with E-state index in [1.807, 2.05) is 12.1 Å². The van der Waals surface area contributed by atoms with E-state index in [1.54, 1.807) is 19.2 Å². The molecule has 15 heavy (non-hydrogen) atoms. The predicted molar refractivity (Wildman–Crippen MR) is 57.6 cm³/mol. The van der Waals surface area contributed by atoms with Crippen LogP contribution in [0.5, 0.6) is 5.75 Å². The number of hydrogen-bond donors (Lipinski definition) is 1. The molecule has 0 aliphatic heterocycles. The van der Waals surface area contributed by atoms with Crippen LogP contribution in [0.2, 0.25) is 0 Å². The first-order valence-electron chi connectivity index (χ1n) is 5.24. The standard InChI is InChI=1S/C12H16FNO/c1-15-11-5-3-2-4-10(11)12(13)7-6-9(14)8-12/h2-5,9H,6-8,14H2,1H3. The fourth-order valence-electron chi connectivity index (χ4n) is 2.29. The lowest BCUT2D eigenvalue weighted by atomic mass is 9.93. The van der Waals surface area contributed by atoms with Crippen molar-refractivity contribution in [2.75, 3.05) is 7.11 Å². The number of benzene rings is 1. The van der Waals surface area contributed by atoms with Gasteiger partial charge in [-0.25, -0.2) is 4.39 Å². The third-order valence-corrected chi connectivity index (χ3v) is 3.09. The van der Waals surface area contributed by atoms with Gasteiger partial charge in [-0.2, -0.15) is 0 Å². The lowest BCUT2D eigenvalue weighted by molar-refractivity contribution is 0.166. The van der Waals surface area contributed by atoms with Crippen LogP contribution in [-0.2, 0) is 5.67 Å². The number of halogens is 1. The topological polar surface area (TPSA) is 35.2 Å². The van der Waals surface area contributed by atoms with E-state index in [0.717, 1.165) is 6.42 Å². The highest BCUT2D eigenvalue weighted by Crippen LogP contribution is 2.45. The van der Waals surface area contributed by atoms with Crippen molar-refractivity contribution in [2.45, 2.75) is 31.0 Å². The van der Waals surface area contributed by atoms with Crippen molar-refractivity contribution in [2.24, 2.45) is 5.73 Å². The highest BCUT2D eigenvalue weighted by molar-refractivity contribution is 5.38. The molecule has 1 aromatic carbocycles. The molecule has 1 aliphatic carbocycles. The van der Waals surface area contributed by atoms with Gasteiger partial charge in [-0.15, -0.1) is 0 Å². The molecule has 82 valence electrons. The summed E-state index contributed by atoms with van der Waals surface area (Å²) in [6.45, 7) is 0. The number of alkyl halides is 1. The number of ether oxygens (including phenoxy) is 1. The smallest absolute Gasteiger partial charge is 0.141 e. The summed E-state index contributed by atoms with van der Waals surface area (Å²) in [6.07, 6.45) is 1.64. The van der Waals surface area contributed by atoms with Crippen molar-refractivity contribution in [3.63, 3.8) is 0 Å². The Kier molecular flexibility index (Phi) is 2.65. The quantitative estimate of drug-likeness (QED) is 0.811. The van der Waals surface area contributed by atoms with Gasteiger partial charge in [0.2, 0.25) is 0 Å². The highest BCUT2D eigenvalue weighted by Gasteiger charge is 2.41. The van der Waals surface area contributed by atoms with Crippen LogP contribution in [-0.4, -0.2) is 13.2 Å². The maximum atomic E-state index is 14.6. The molecule has 0 radical (unpaired) electrons. The summed E-state index contributed by atoms with van der Waals surface area (Å²) >= 11 is 0. The van der Waals surface area contributed by atoms with Crippen LogP contribution in [0, 0.1) is 0 Å². The number of hydrogen-bond acceptors (Lipinski definition) is 2. The van der Waals surface area contributed by atoms with Gasteiger partial charge in [-0.3, -0.25) is 0 Å². The monoisotopic (exact) mass is 209 g/mol. The Labute approximate surface area is 89.2 Å². The summed E-state index contributed by atoms with van der Waals surface area (Å²) in [4.78, 5) is 0. The van der Waals surface area contributed by atoms with E-state index in [9.17, 15) is 4.39 Å². The van der Waals surface area contributed by atoms with Gasteiger partial charge < -0.3 is 10.5 Å². The molecular formula is C12H16FNO. The third-order valence-electron chi connectivity index (χ3n) is 3.09. The van der Waals surface area contributed by atoms with Gasteiger partial charge in [0, 0.05) is 18.0 Å². The maximum absolute atomic E-state index is 14.6. The van der Waals surface area contributed by atoms with E-state index in [0.29, 0.717) is 24.2 Å². The van der Waals surface area contributed by atoms with Crippen LogP contribution in [0.15, 0.2) is 24.3 Å². The van der Waals surface area contributed by atoms with Crippen LogP contribution in [0.3, 0.4) is 0 Å². The minimum atomic E-state index is -1.30. The molecule has 1 aliphatic rings. The minimum Gasteiger partial charge on any atom is -0.496 e. The van der Waals surface area contributed by atoms with Crippen LogP contribution < -0.4 is 10.5 Å². The molecule has 3 heteroatoms. The number of nitrogens with two attached hydrogens (primary N) is 1. The Bertz CT molecular complexity index is 355. The molecule has 0 saturated heterocycles. The summed E-state index contributed by atoms with van der Waals surface area (Å²) < 4.78 is 19.8. The summed E-state index contributed by atoms with van der Waals surface area (Å²) in [5, 5.41) is 0. The first kappa shape index (κ1) is 10.4. The van der Waals surface area contributed by atoms with Crippen molar-refractivity contribution in [1.82, 2.24) is 0 Å². The molecule has 0 spiro atoms. The van der Waals surface area contributed by atoms with Gasteiger partial charge in [-0.05, 0) is 18.9 Å². The Hall–Kier alpha value is -1.09. The Balaban J connectivity index is 2.36. The first-order valence-corrected chi connectivity index (χ1v) is 5.24. The van der Waals surface area contributed by atoms with Crippen molar-refractivity contribution in [3.8, 4) is 5.75 Å². The van der Waals surface area contributed by atoms with Crippen LogP contribution in [0.1, 0.15) is 24.8 Å². The average molecular weight is 209 g/mol. The lowest BCUT2D eigenvalue weighted by Gasteiger charge is -2.22. The molecule has 1 fully saturated rings. The zero-order valence-electron chi connectivity index (χ0n) is 8.87. The molecule has 2 rings (SSSR count). The molecule has 2 N–H and O–H groups in total. The molecule has 2 unspecified atom stereocenters. The normalized spacial score (nSPS) is 30.5. The zero-order valence-corrected chi connectivity index (χ0v) is 8.87. The summed E-state index contributed by atoms with van der Waals surface area (Å²) in [6, 6.07) is 7.24. The molecule has 1 saturated carbocycles. The second-order valence-electron chi connectivity index (χ2n) is 4.17. The van der Waals surface area contributed by atoms with Crippen molar-refractivity contribution >= 4 is 0 Å². The molecule has 0 amide bonds. The van der Waals surface area contributed by atoms with E-state index >= 15 is 0 Å². The lowest BCUT2D eigenvalue weighted by Crippen LogP contribution is -2.21. The Morgan fingerprint density at radius 2 is 2.20 bits per heavy atom. The second kappa shape index (κ2) is 3.81. The highest BCUT2D eigenvalue weighted by atomic mass is 19.1. The molecular weight excluding hydrogens is 193 g/mol. The summed E-state index contributed by atoms with van der Waals surface area (Å²) in [5.74, 6) is 0.620. The predicted octanol–water partition coefficient (Wildman–Crippen LogP) is 2.37. The minimum absolute atomic E-state index is 0.0279. The average Bonchev–Trinajstić information content (AvgIpc) is 2.60. The van der Waals surface area contributed by atoms with Crippen LogP contribution >= 0.6 is 0 Å². The molecule has 2 nitrogen and oxygen atoms in total. The molecule has 0 aromatic heterocycles. The molecule has 0 heterocycles. The van der Waals surface area contributed by atoms with Gasteiger partial charge in [-0.1, -0.05) is 18.2 Å². The Morgan fingerprint density at radius 1 is 1.47 bits per heavy atom. The van der Waals surface area contributed by atoms with E-state index in [1.165, 1.54) is 0 Å². The Morgan fingerprint density at radius 3 is 2.80 bits per heavy atom. The van der Waals surface area contributed by atoms with Gasteiger partial charge in [0.1, 0.15) is 11.4 Å². The molecule has 2 atom stereocenters. The fourth-order valence-corrected chi connectivity index (χ4v) is 2.29. The molecule has 1 aromatic rings. The van der Waals surface area contributed by atoms with Crippen LogP contribution in [0.4, 0.5) is 4.39 Å². The van der Waals surface area contributed by atoms with Gasteiger partial charge in [0.05, 0.1) is 7.11 Å². The van der Waals surface area contributed by atoms with Crippen LogP contribution in [0.25, 0.3) is 0 Å².